The number of amides is 2. The lowest BCUT2D eigenvalue weighted by molar-refractivity contribution is 0.0949. The monoisotopic (exact) mass is 473 g/mol. The van der Waals surface area contributed by atoms with E-state index in [4.69, 9.17) is 5.84 Å². The minimum Gasteiger partial charge on any atom is -0.355 e. The van der Waals surface area contributed by atoms with Crippen LogP contribution in [0.1, 0.15) is 20.7 Å². The predicted molar refractivity (Wildman–Crippen MR) is 120 cm³/mol. The molecular weight excluding hydrogens is 453 g/mol. The summed E-state index contributed by atoms with van der Waals surface area (Å²) in [6.07, 6.45) is 3.29. The van der Waals surface area contributed by atoms with Crippen molar-refractivity contribution in [1.82, 2.24) is 20.7 Å². The average molecular weight is 473 g/mol. The number of aromatic nitrogens is 2. The van der Waals surface area contributed by atoms with Gasteiger partial charge in [0.2, 0.25) is 0 Å². The highest BCUT2D eigenvalue weighted by molar-refractivity contribution is 7.90. The number of hydrogen-bond acceptors (Lipinski definition) is 9. The third-order valence-electron chi connectivity index (χ3n) is 4.40. The van der Waals surface area contributed by atoms with Crippen LogP contribution in [0.4, 0.5) is 27.4 Å². The molecule has 3 aromatic rings. The Morgan fingerprint density at radius 3 is 2.27 bits per heavy atom. The average Bonchev–Trinajstić information content (AvgIpc) is 2.79. The largest absolute Gasteiger partial charge is 0.355 e. The minimum absolute atomic E-state index is 0.0365. The summed E-state index contributed by atoms with van der Waals surface area (Å²) in [7, 11) is -2.35. The first-order valence-electron chi connectivity index (χ1n) is 9.35. The van der Waals surface area contributed by atoms with E-state index in [1.807, 2.05) is 5.43 Å². The first-order valence-corrected chi connectivity index (χ1v) is 11.2. The molecule has 0 atom stereocenters. The van der Waals surface area contributed by atoms with Crippen molar-refractivity contribution in [2.75, 3.05) is 23.9 Å². The number of hydrazine groups is 1. The highest BCUT2D eigenvalue weighted by Gasteiger charge is 2.19. The van der Waals surface area contributed by atoms with Crippen LogP contribution in [0, 0.1) is 5.82 Å². The topological polar surface area (TPSA) is 168 Å². The Balaban J connectivity index is 2.06. The van der Waals surface area contributed by atoms with Gasteiger partial charge in [0.05, 0.1) is 28.0 Å². The van der Waals surface area contributed by atoms with Gasteiger partial charge in [-0.2, -0.15) is 0 Å². The molecule has 11 nitrogen and oxygen atoms in total. The van der Waals surface area contributed by atoms with Crippen molar-refractivity contribution in [3.05, 3.63) is 65.7 Å². The van der Waals surface area contributed by atoms with E-state index in [0.717, 1.165) is 12.5 Å². The minimum atomic E-state index is -3.78. The molecule has 0 aliphatic rings. The van der Waals surface area contributed by atoms with E-state index < -0.39 is 27.5 Å². The SMILES string of the molecule is CNC(=O)c1cnc(Nc2ccc(F)cn2)cc1Nc1ccc(C(=O)NN)cc1S(C)(=O)=O. The zero-order valence-corrected chi connectivity index (χ0v) is 18.3. The number of nitrogens with two attached hydrogens (primary N) is 1. The van der Waals surface area contributed by atoms with Gasteiger partial charge in [0.15, 0.2) is 9.84 Å². The smallest absolute Gasteiger partial charge is 0.265 e. The molecule has 2 aromatic heterocycles. The summed E-state index contributed by atoms with van der Waals surface area (Å²) in [5.41, 5.74) is 2.44. The number of nitrogens with one attached hydrogen (secondary N) is 4. The van der Waals surface area contributed by atoms with Crippen molar-refractivity contribution in [2.24, 2.45) is 5.84 Å². The molecule has 0 fully saturated rings. The summed E-state index contributed by atoms with van der Waals surface area (Å²) in [5, 5.41) is 8.27. The Bertz CT molecular complexity index is 1310. The number of carbonyl (C=O) groups is 2. The molecule has 0 saturated carbocycles. The van der Waals surface area contributed by atoms with Crippen LogP contribution in [0.25, 0.3) is 0 Å². The van der Waals surface area contributed by atoms with Crippen LogP contribution in [-0.4, -0.2) is 43.5 Å². The molecular formula is C20H20FN7O4S. The van der Waals surface area contributed by atoms with Gasteiger partial charge in [-0.05, 0) is 30.3 Å². The molecule has 2 heterocycles. The Morgan fingerprint density at radius 1 is 0.939 bits per heavy atom. The Labute approximate surface area is 188 Å². The van der Waals surface area contributed by atoms with E-state index in [0.29, 0.717) is 5.82 Å². The van der Waals surface area contributed by atoms with Crippen molar-refractivity contribution in [2.45, 2.75) is 4.90 Å². The van der Waals surface area contributed by atoms with E-state index in [1.165, 1.54) is 49.6 Å². The van der Waals surface area contributed by atoms with Crippen molar-refractivity contribution in [3.63, 3.8) is 0 Å². The normalized spacial score (nSPS) is 10.9. The van der Waals surface area contributed by atoms with Gasteiger partial charge in [0.1, 0.15) is 17.5 Å². The first kappa shape index (κ1) is 23.6. The second kappa shape index (κ2) is 9.58. The Morgan fingerprint density at radius 2 is 1.67 bits per heavy atom. The number of carbonyl (C=O) groups excluding carboxylic acids is 2. The maximum absolute atomic E-state index is 13.1. The summed E-state index contributed by atoms with van der Waals surface area (Å²) in [6.45, 7) is 0. The maximum Gasteiger partial charge on any atom is 0.265 e. The molecule has 0 saturated heterocycles. The molecule has 0 aliphatic carbocycles. The first-order chi connectivity index (χ1) is 15.6. The van der Waals surface area contributed by atoms with Crippen molar-refractivity contribution in [3.8, 4) is 0 Å². The van der Waals surface area contributed by atoms with E-state index in [9.17, 15) is 22.4 Å². The molecule has 1 aromatic carbocycles. The van der Waals surface area contributed by atoms with Crippen molar-refractivity contribution in [1.29, 1.82) is 0 Å². The summed E-state index contributed by atoms with van der Waals surface area (Å²) in [4.78, 5) is 32.0. The molecule has 33 heavy (non-hydrogen) atoms. The van der Waals surface area contributed by atoms with E-state index in [2.05, 4.69) is 25.9 Å². The Kier molecular flexibility index (Phi) is 6.84. The van der Waals surface area contributed by atoms with Crippen LogP contribution in [0.3, 0.4) is 0 Å². The highest BCUT2D eigenvalue weighted by atomic mass is 32.2. The number of anilines is 4. The second-order valence-corrected chi connectivity index (χ2v) is 8.75. The number of hydrogen-bond donors (Lipinski definition) is 5. The molecule has 13 heteroatoms. The lowest BCUT2D eigenvalue weighted by Crippen LogP contribution is -2.30. The van der Waals surface area contributed by atoms with E-state index in [-0.39, 0.29) is 33.2 Å². The number of pyridine rings is 2. The molecule has 0 aliphatic heterocycles. The van der Waals surface area contributed by atoms with Crippen LogP contribution in [0.5, 0.6) is 0 Å². The van der Waals surface area contributed by atoms with Gasteiger partial charge in [-0.3, -0.25) is 15.0 Å². The van der Waals surface area contributed by atoms with Gasteiger partial charge in [-0.1, -0.05) is 0 Å². The Hall–Kier alpha value is -4.10. The summed E-state index contributed by atoms with van der Waals surface area (Å²) < 4.78 is 37.9. The number of nitrogen functional groups attached to an aromatic ring is 1. The zero-order chi connectivity index (χ0) is 24.2. The van der Waals surface area contributed by atoms with Crippen LogP contribution in [0.15, 0.2) is 53.7 Å². The molecule has 6 N–H and O–H groups in total. The van der Waals surface area contributed by atoms with Crippen LogP contribution >= 0.6 is 0 Å². The molecule has 3 rings (SSSR count). The fourth-order valence-corrected chi connectivity index (χ4v) is 3.69. The summed E-state index contributed by atoms with van der Waals surface area (Å²) in [6, 6.07) is 8.00. The molecule has 172 valence electrons. The van der Waals surface area contributed by atoms with Crippen LogP contribution in [0.2, 0.25) is 0 Å². The fraction of sp³-hybridized carbons (Fsp3) is 0.100. The number of halogens is 1. The maximum atomic E-state index is 13.1. The highest BCUT2D eigenvalue weighted by Crippen LogP contribution is 2.29. The molecule has 0 unspecified atom stereocenters. The summed E-state index contributed by atoms with van der Waals surface area (Å²) in [5.74, 6) is 4.04. The van der Waals surface area contributed by atoms with Gasteiger partial charge >= 0.3 is 0 Å². The molecule has 0 bridgehead atoms. The number of nitrogens with zero attached hydrogens (tertiary/aromatic N) is 2. The quantitative estimate of drug-likeness (QED) is 0.194. The van der Waals surface area contributed by atoms with Crippen molar-refractivity contribution >= 4 is 44.7 Å². The predicted octanol–water partition coefficient (Wildman–Crippen LogP) is 1.47. The number of rotatable bonds is 7. The standard InChI is InChI=1S/C20H20FN7O4S/c1-23-20(30)13-10-25-18(27-17-6-4-12(21)9-24-17)8-15(13)26-14-5-3-11(19(29)28-22)7-16(14)33(2,31)32/h3-10H,22H2,1-2H3,(H,23,30)(H,28,29)(H2,24,25,26,27). The second-order valence-electron chi connectivity index (χ2n) is 6.76. The number of sulfone groups is 1. The van der Waals surface area contributed by atoms with Gasteiger partial charge in [-0.15, -0.1) is 0 Å². The van der Waals surface area contributed by atoms with E-state index in [1.54, 1.807) is 0 Å². The number of benzene rings is 1. The molecule has 2 amide bonds. The molecule has 0 spiro atoms. The lowest BCUT2D eigenvalue weighted by Gasteiger charge is -2.16. The van der Waals surface area contributed by atoms with Gasteiger partial charge in [0, 0.05) is 31.1 Å². The third kappa shape index (κ3) is 5.58. The fourth-order valence-electron chi connectivity index (χ4n) is 2.83. The zero-order valence-electron chi connectivity index (χ0n) is 17.5. The lowest BCUT2D eigenvalue weighted by atomic mass is 10.1. The third-order valence-corrected chi connectivity index (χ3v) is 5.54. The van der Waals surface area contributed by atoms with Crippen LogP contribution in [-0.2, 0) is 9.84 Å². The van der Waals surface area contributed by atoms with Gasteiger partial charge in [0.25, 0.3) is 11.8 Å². The van der Waals surface area contributed by atoms with Crippen molar-refractivity contribution < 1.29 is 22.4 Å². The van der Waals surface area contributed by atoms with Gasteiger partial charge in [-0.25, -0.2) is 28.6 Å². The van der Waals surface area contributed by atoms with Crippen LogP contribution < -0.4 is 27.2 Å². The van der Waals surface area contributed by atoms with Gasteiger partial charge < -0.3 is 16.0 Å². The van der Waals surface area contributed by atoms with E-state index >= 15 is 0 Å². The summed E-state index contributed by atoms with van der Waals surface area (Å²) >= 11 is 0. The molecule has 0 radical (unpaired) electrons.